The summed E-state index contributed by atoms with van der Waals surface area (Å²) in [6.45, 7) is 0. The summed E-state index contributed by atoms with van der Waals surface area (Å²) in [5.41, 5.74) is 1.81. The molecule has 0 fully saturated rings. The van der Waals surface area contributed by atoms with Crippen molar-refractivity contribution in [2.24, 2.45) is 7.05 Å². The van der Waals surface area contributed by atoms with E-state index in [1.165, 1.54) is 14.2 Å². The molecule has 0 radical (unpaired) electrons. The summed E-state index contributed by atoms with van der Waals surface area (Å²) in [6, 6.07) is 7.68. The molecule has 1 heterocycles. The van der Waals surface area contributed by atoms with Crippen LogP contribution in [0.25, 0.3) is 11.3 Å². The third-order valence-corrected chi connectivity index (χ3v) is 3.23. The topological polar surface area (TPSA) is 53.3 Å². The van der Waals surface area contributed by atoms with E-state index in [-0.39, 0.29) is 5.69 Å². The number of aromatic nitrogens is 2. The van der Waals surface area contributed by atoms with Gasteiger partial charge in [-0.2, -0.15) is 5.10 Å². The van der Waals surface area contributed by atoms with E-state index in [0.29, 0.717) is 5.75 Å². The summed E-state index contributed by atoms with van der Waals surface area (Å²) in [7, 11) is 4.58. The van der Waals surface area contributed by atoms with Crippen molar-refractivity contribution in [3.05, 3.63) is 34.4 Å². The lowest BCUT2D eigenvalue weighted by molar-refractivity contribution is 0.0589. The van der Waals surface area contributed by atoms with Crippen LogP contribution in [-0.4, -0.2) is 30.0 Å². The van der Waals surface area contributed by atoms with Gasteiger partial charge in [0.1, 0.15) is 5.69 Å². The van der Waals surface area contributed by atoms with E-state index in [2.05, 4.69) is 21.0 Å². The molecular weight excluding hydrogens is 312 g/mol. The summed E-state index contributed by atoms with van der Waals surface area (Å²) in [4.78, 5) is 11.7. The second-order valence-corrected chi connectivity index (χ2v) is 4.77. The van der Waals surface area contributed by atoms with Gasteiger partial charge in [-0.05, 0) is 12.1 Å². The van der Waals surface area contributed by atoms with Crippen LogP contribution < -0.4 is 4.74 Å². The summed E-state index contributed by atoms with van der Waals surface area (Å²) in [5, 5.41) is 4.16. The van der Waals surface area contributed by atoms with Crippen molar-refractivity contribution in [3.8, 4) is 17.0 Å². The molecule has 0 unspecified atom stereocenters. The molecule has 0 saturated carbocycles. The number of carbonyl (C=O) groups excluding carboxylic acids is 1. The predicted octanol–water partition coefficient (Wildman–Crippen LogP) is 2.64. The third kappa shape index (κ3) is 2.49. The predicted molar refractivity (Wildman–Crippen MR) is 74.2 cm³/mol. The number of benzene rings is 1. The molecule has 0 bridgehead atoms. The first-order chi connectivity index (χ1) is 9.08. The highest BCUT2D eigenvalue weighted by molar-refractivity contribution is 9.10. The zero-order chi connectivity index (χ0) is 14.0. The van der Waals surface area contributed by atoms with E-state index in [1.807, 2.05) is 24.3 Å². The van der Waals surface area contributed by atoms with E-state index in [1.54, 1.807) is 11.7 Å². The summed E-state index contributed by atoms with van der Waals surface area (Å²) >= 11 is 3.38. The Morgan fingerprint density at radius 1 is 1.26 bits per heavy atom. The average Bonchev–Trinajstić information content (AvgIpc) is 2.75. The SMILES string of the molecule is COC(=O)c1nn(C)c(-c2ccc(Br)cc2)c1OC. The van der Waals surface area contributed by atoms with Crippen molar-refractivity contribution < 1.29 is 14.3 Å². The fourth-order valence-corrected chi connectivity index (χ4v) is 2.12. The maximum Gasteiger partial charge on any atom is 0.362 e. The molecule has 0 aliphatic rings. The number of rotatable bonds is 3. The lowest BCUT2D eigenvalue weighted by atomic mass is 10.1. The monoisotopic (exact) mass is 324 g/mol. The minimum atomic E-state index is -0.518. The fraction of sp³-hybridized carbons (Fsp3) is 0.231. The van der Waals surface area contributed by atoms with Crippen LogP contribution in [0.3, 0.4) is 0 Å². The molecular formula is C13H13BrN2O3. The van der Waals surface area contributed by atoms with Gasteiger partial charge in [-0.3, -0.25) is 4.68 Å². The highest BCUT2D eigenvalue weighted by Gasteiger charge is 2.24. The molecule has 6 heteroatoms. The van der Waals surface area contributed by atoms with E-state index in [4.69, 9.17) is 9.47 Å². The molecule has 5 nitrogen and oxygen atoms in total. The molecule has 0 saturated heterocycles. The highest BCUT2D eigenvalue weighted by Crippen LogP contribution is 2.33. The maximum absolute atomic E-state index is 11.7. The van der Waals surface area contributed by atoms with Gasteiger partial charge < -0.3 is 9.47 Å². The first-order valence-corrected chi connectivity index (χ1v) is 6.33. The van der Waals surface area contributed by atoms with Crippen LogP contribution >= 0.6 is 15.9 Å². The van der Waals surface area contributed by atoms with Gasteiger partial charge in [0.15, 0.2) is 5.75 Å². The minimum absolute atomic E-state index is 0.172. The number of methoxy groups -OCH3 is 2. The van der Waals surface area contributed by atoms with Gasteiger partial charge in [0, 0.05) is 17.1 Å². The van der Waals surface area contributed by atoms with Crippen molar-refractivity contribution in [1.29, 1.82) is 0 Å². The Balaban J connectivity index is 2.60. The van der Waals surface area contributed by atoms with Crippen LogP contribution in [-0.2, 0) is 11.8 Å². The molecule has 0 spiro atoms. The minimum Gasteiger partial charge on any atom is -0.492 e. The molecule has 19 heavy (non-hydrogen) atoms. The average molecular weight is 325 g/mol. The molecule has 0 atom stereocenters. The van der Waals surface area contributed by atoms with Gasteiger partial charge >= 0.3 is 5.97 Å². The van der Waals surface area contributed by atoms with Gasteiger partial charge in [-0.1, -0.05) is 28.1 Å². The number of aryl methyl sites for hydroxylation is 1. The van der Waals surface area contributed by atoms with E-state index >= 15 is 0 Å². The van der Waals surface area contributed by atoms with Gasteiger partial charge in [0.2, 0.25) is 5.69 Å². The van der Waals surface area contributed by atoms with Crippen LogP contribution in [0.2, 0.25) is 0 Å². The second kappa shape index (κ2) is 5.44. The number of esters is 1. The van der Waals surface area contributed by atoms with Crippen molar-refractivity contribution in [2.75, 3.05) is 14.2 Å². The molecule has 1 aromatic heterocycles. The van der Waals surface area contributed by atoms with Crippen LogP contribution in [0.4, 0.5) is 0 Å². The molecule has 0 aliphatic carbocycles. The molecule has 0 N–H and O–H groups in total. The van der Waals surface area contributed by atoms with Crippen LogP contribution in [0.15, 0.2) is 28.7 Å². The molecule has 2 aromatic rings. The number of hydrogen-bond acceptors (Lipinski definition) is 4. The normalized spacial score (nSPS) is 10.3. The van der Waals surface area contributed by atoms with Crippen LogP contribution in [0.1, 0.15) is 10.5 Å². The van der Waals surface area contributed by atoms with Crippen molar-refractivity contribution in [3.63, 3.8) is 0 Å². The first-order valence-electron chi connectivity index (χ1n) is 5.53. The van der Waals surface area contributed by atoms with Gasteiger partial charge in [-0.25, -0.2) is 4.79 Å². The van der Waals surface area contributed by atoms with Crippen molar-refractivity contribution >= 4 is 21.9 Å². The molecule has 1 aromatic carbocycles. The van der Waals surface area contributed by atoms with E-state index in [0.717, 1.165) is 15.7 Å². The standard InChI is InChI=1S/C13H13BrN2O3/c1-16-11(8-4-6-9(14)7-5-8)12(18-2)10(15-16)13(17)19-3/h4-7H,1-3H3. The zero-order valence-electron chi connectivity index (χ0n) is 10.8. The van der Waals surface area contributed by atoms with Crippen LogP contribution in [0, 0.1) is 0 Å². The maximum atomic E-state index is 11.7. The molecule has 2 rings (SSSR count). The second-order valence-electron chi connectivity index (χ2n) is 3.85. The Labute approximate surface area is 119 Å². The molecule has 0 amide bonds. The Kier molecular flexibility index (Phi) is 3.90. The number of halogens is 1. The lowest BCUT2D eigenvalue weighted by Gasteiger charge is -2.06. The molecule has 100 valence electrons. The fourth-order valence-electron chi connectivity index (χ4n) is 1.85. The van der Waals surface area contributed by atoms with Crippen LogP contribution in [0.5, 0.6) is 5.75 Å². The van der Waals surface area contributed by atoms with Crippen molar-refractivity contribution in [1.82, 2.24) is 9.78 Å². The highest BCUT2D eigenvalue weighted by atomic mass is 79.9. The van der Waals surface area contributed by atoms with Gasteiger partial charge in [-0.15, -0.1) is 0 Å². The van der Waals surface area contributed by atoms with E-state index in [9.17, 15) is 4.79 Å². The Hall–Kier alpha value is -1.82. The quantitative estimate of drug-likeness (QED) is 0.814. The first kappa shape index (κ1) is 13.6. The summed E-state index contributed by atoms with van der Waals surface area (Å²) < 4.78 is 12.6. The number of carbonyl (C=O) groups is 1. The zero-order valence-corrected chi connectivity index (χ0v) is 12.4. The van der Waals surface area contributed by atoms with E-state index < -0.39 is 5.97 Å². The smallest absolute Gasteiger partial charge is 0.362 e. The number of hydrogen-bond donors (Lipinski definition) is 0. The summed E-state index contributed by atoms with van der Waals surface area (Å²) in [6.07, 6.45) is 0. The van der Waals surface area contributed by atoms with Gasteiger partial charge in [0.25, 0.3) is 0 Å². The Bertz CT molecular complexity index is 605. The summed E-state index contributed by atoms with van der Waals surface area (Å²) in [5.74, 6) is -0.104. The van der Waals surface area contributed by atoms with Gasteiger partial charge in [0.05, 0.1) is 14.2 Å². The van der Waals surface area contributed by atoms with Crippen molar-refractivity contribution in [2.45, 2.75) is 0 Å². The Morgan fingerprint density at radius 3 is 2.42 bits per heavy atom. The Morgan fingerprint density at radius 2 is 1.89 bits per heavy atom. The third-order valence-electron chi connectivity index (χ3n) is 2.70. The largest absolute Gasteiger partial charge is 0.492 e. The lowest BCUT2D eigenvalue weighted by Crippen LogP contribution is -2.04. The molecule has 0 aliphatic heterocycles. The number of nitrogens with zero attached hydrogens (tertiary/aromatic N) is 2. The number of ether oxygens (including phenoxy) is 2.